The zero-order valence-electron chi connectivity index (χ0n) is 14.7. The lowest BCUT2D eigenvalue weighted by Crippen LogP contribution is -2.36. The Bertz CT molecular complexity index is 823. The molecule has 2 amide bonds. The number of hydrogen-bond donors (Lipinski definition) is 1. The maximum atomic E-state index is 12.5. The number of amides is 2. The van der Waals surface area contributed by atoms with Gasteiger partial charge in [0, 0.05) is 17.3 Å². The number of nitrogens with one attached hydrogen (secondary N) is 1. The first-order valence-electron chi connectivity index (χ1n) is 8.41. The lowest BCUT2D eigenvalue weighted by atomic mass is 10.0. The summed E-state index contributed by atoms with van der Waals surface area (Å²) in [5, 5.41) is 3.47. The number of carbonyl (C=O) groups is 2. The number of carbonyl (C=O) groups excluding carboxylic acids is 2. The van der Waals surface area contributed by atoms with Gasteiger partial charge in [-0.05, 0) is 56.2 Å². The third-order valence-electron chi connectivity index (χ3n) is 4.40. The number of anilines is 2. The summed E-state index contributed by atoms with van der Waals surface area (Å²) >= 11 is 5.86. The van der Waals surface area contributed by atoms with Gasteiger partial charge in [-0.2, -0.15) is 0 Å². The first kappa shape index (κ1) is 18.2. The predicted octanol–water partition coefficient (Wildman–Crippen LogP) is 4.00. The highest BCUT2D eigenvalue weighted by Crippen LogP contribution is 2.28. The van der Waals surface area contributed by atoms with Crippen molar-refractivity contribution < 1.29 is 14.3 Å². The van der Waals surface area contributed by atoms with Crippen molar-refractivity contribution in [2.75, 3.05) is 23.9 Å². The average Bonchev–Trinajstić information content (AvgIpc) is 2.67. The summed E-state index contributed by atoms with van der Waals surface area (Å²) < 4.78 is 4.82. The Morgan fingerprint density at radius 1 is 1.23 bits per heavy atom. The first-order chi connectivity index (χ1) is 12.5. The van der Waals surface area contributed by atoms with Crippen LogP contribution in [-0.4, -0.2) is 30.6 Å². The molecule has 7 heteroatoms. The largest absolute Gasteiger partial charge is 0.452 e. The van der Waals surface area contributed by atoms with E-state index in [9.17, 15) is 9.59 Å². The highest BCUT2D eigenvalue weighted by atomic mass is 35.5. The zero-order valence-corrected chi connectivity index (χ0v) is 15.4. The number of hydrogen-bond acceptors (Lipinski definition) is 4. The third kappa shape index (κ3) is 3.80. The van der Waals surface area contributed by atoms with E-state index in [1.165, 1.54) is 7.11 Å². The maximum absolute atomic E-state index is 12.5. The molecule has 1 aliphatic rings. The van der Waals surface area contributed by atoms with Crippen molar-refractivity contribution in [3.05, 3.63) is 52.8 Å². The number of rotatable bonds is 3. The zero-order chi connectivity index (χ0) is 18.7. The molecule has 3 rings (SSSR count). The Kier molecular flexibility index (Phi) is 5.42. The minimum absolute atomic E-state index is 0.152. The molecule has 1 aliphatic heterocycles. The number of nitrogens with zero attached hydrogens (tertiary/aromatic N) is 2. The van der Waals surface area contributed by atoms with Crippen molar-refractivity contribution in [2.45, 2.75) is 25.7 Å². The van der Waals surface area contributed by atoms with Gasteiger partial charge in [-0.25, -0.2) is 4.79 Å². The Hall–Kier alpha value is -2.60. The lowest BCUT2D eigenvalue weighted by Gasteiger charge is -2.28. The molecule has 2 heterocycles. The fourth-order valence-electron chi connectivity index (χ4n) is 2.92. The molecule has 1 N–H and O–H groups in total. The summed E-state index contributed by atoms with van der Waals surface area (Å²) in [4.78, 5) is 30.6. The molecule has 0 bridgehead atoms. The van der Waals surface area contributed by atoms with Crippen LogP contribution in [-0.2, 0) is 16.0 Å². The molecule has 0 aliphatic carbocycles. The maximum Gasteiger partial charge on any atom is 0.414 e. The van der Waals surface area contributed by atoms with Crippen LogP contribution in [0, 0.1) is 0 Å². The van der Waals surface area contributed by atoms with E-state index < -0.39 is 12.0 Å². The van der Waals surface area contributed by atoms with E-state index in [1.54, 1.807) is 42.2 Å². The topological polar surface area (TPSA) is 71.5 Å². The molecule has 0 radical (unpaired) electrons. The normalized spacial score (nSPS) is 14.3. The molecule has 0 spiro atoms. The number of fused-ring (bicyclic) bond motifs is 1. The predicted molar refractivity (Wildman–Crippen MR) is 101 cm³/mol. The molecule has 0 fully saturated rings. The molecule has 1 unspecified atom stereocenters. The average molecular weight is 374 g/mol. The number of ether oxygens (including phenoxy) is 1. The Morgan fingerprint density at radius 3 is 2.65 bits per heavy atom. The summed E-state index contributed by atoms with van der Waals surface area (Å²) in [5.74, 6) is -0.579. The van der Waals surface area contributed by atoms with Gasteiger partial charge >= 0.3 is 6.09 Å². The highest BCUT2D eigenvalue weighted by Gasteiger charge is 2.26. The van der Waals surface area contributed by atoms with Crippen LogP contribution < -0.4 is 10.2 Å². The van der Waals surface area contributed by atoms with Crippen LogP contribution in [0.5, 0.6) is 0 Å². The number of halogens is 1. The standard InChI is InChI=1S/C19H20ClN3O3/c1-12(18(24)21-14-7-5-13(20)6-8-14)15-9-10-17-16(22-15)4-3-11-23(17)19(25)26-2/h5-10,12H,3-4,11H2,1-2H3,(H,21,24). The van der Waals surface area contributed by atoms with E-state index >= 15 is 0 Å². The van der Waals surface area contributed by atoms with Crippen molar-refractivity contribution in [1.82, 2.24) is 4.98 Å². The SMILES string of the molecule is COC(=O)N1CCCc2nc(C(C)C(=O)Nc3ccc(Cl)cc3)ccc21. The van der Waals surface area contributed by atoms with Crippen molar-refractivity contribution in [3.63, 3.8) is 0 Å². The second kappa shape index (κ2) is 7.74. The summed E-state index contributed by atoms with van der Waals surface area (Å²) in [6, 6.07) is 10.6. The Balaban J connectivity index is 1.77. The van der Waals surface area contributed by atoms with E-state index in [2.05, 4.69) is 10.3 Å². The van der Waals surface area contributed by atoms with Crippen LogP contribution >= 0.6 is 11.6 Å². The highest BCUT2D eigenvalue weighted by molar-refractivity contribution is 6.30. The lowest BCUT2D eigenvalue weighted by molar-refractivity contribution is -0.117. The summed E-state index contributed by atoms with van der Waals surface area (Å²) in [5.41, 5.74) is 2.91. The van der Waals surface area contributed by atoms with Gasteiger partial charge in [0.1, 0.15) is 0 Å². The van der Waals surface area contributed by atoms with Crippen LogP contribution in [0.1, 0.15) is 30.7 Å². The minimum Gasteiger partial charge on any atom is -0.452 e. The first-order valence-corrected chi connectivity index (χ1v) is 8.79. The summed E-state index contributed by atoms with van der Waals surface area (Å²) in [6.07, 6.45) is 1.18. The smallest absolute Gasteiger partial charge is 0.414 e. The number of aryl methyl sites for hydroxylation is 1. The second-order valence-corrected chi connectivity index (χ2v) is 6.58. The van der Waals surface area contributed by atoms with E-state index in [4.69, 9.17) is 16.3 Å². The van der Waals surface area contributed by atoms with Gasteiger partial charge in [0.15, 0.2) is 0 Å². The van der Waals surface area contributed by atoms with Gasteiger partial charge in [0.25, 0.3) is 0 Å². The van der Waals surface area contributed by atoms with Crippen LogP contribution in [0.15, 0.2) is 36.4 Å². The summed E-state index contributed by atoms with van der Waals surface area (Å²) in [6.45, 7) is 2.41. The van der Waals surface area contributed by atoms with Crippen LogP contribution in [0.25, 0.3) is 0 Å². The monoisotopic (exact) mass is 373 g/mol. The van der Waals surface area contributed by atoms with Gasteiger partial charge in [-0.15, -0.1) is 0 Å². The van der Waals surface area contributed by atoms with Crippen molar-refractivity contribution in [2.24, 2.45) is 0 Å². The van der Waals surface area contributed by atoms with E-state index in [0.717, 1.165) is 24.2 Å². The quantitative estimate of drug-likeness (QED) is 0.882. The fraction of sp³-hybridized carbons (Fsp3) is 0.316. The Labute approximate surface area is 157 Å². The van der Waals surface area contributed by atoms with Crippen LogP contribution in [0.3, 0.4) is 0 Å². The number of aromatic nitrogens is 1. The molecule has 26 heavy (non-hydrogen) atoms. The fourth-order valence-corrected chi connectivity index (χ4v) is 3.05. The molecule has 0 saturated carbocycles. The van der Waals surface area contributed by atoms with Gasteiger partial charge in [0.05, 0.1) is 30.1 Å². The van der Waals surface area contributed by atoms with E-state index in [1.807, 2.05) is 6.07 Å². The minimum atomic E-state index is -0.426. The van der Waals surface area contributed by atoms with Crippen molar-refractivity contribution in [1.29, 1.82) is 0 Å². The van der Waals surface area contributed by atoms with Gasteiger partial charge in [0.2, 0.25) is 5.91 Å². The van der Waals surface area contributed by atoms with Gasteiger partial charge in [-0.3, -0.25) is 14.7 Å². The third-order valence-corrected chi connectivity index (χ3v) is 4.65. The van der Waals surface area contributed by atoms with Crippen LogP contribution in [0.2, 0.25) is 5.02 Å². The Morgan fingerprint density at radius 2 is 1.96 bits per heavy atom. The molecule has 1 aromatic heterocycles. The molecule has 1 aromatic carbocycles. The molecule has 2 aromatic rings. The van der Waals surface area contributed by atoms with Gasteiger partial charge < -0.3 is 10.1 Å². The number of methoxy groups -OCH3 is 1. The van der Waals surface area contributed by atoms with Crippen molar-refractivity contribution in [3.8, 4) is 0 Å². The number of pyridine rings is 1. The van der Waals surface area contributed by atoms with Gasteiger partial charge in [-0.1, -0.05) is 11.6 Å². The summed E-state index contributed by atoms with van der Waals surface area (Å²) in [7, 11) is 1.36. The molecule has 136 valence electrons. The number of benzene rings is 1. The molecule has 1 atom stereocenters. The molecular weight excluding hydrogens is 354 g/mol. The van der Waals surface area contributed by atoms with E-state index in [0.29, 0.717) is 22.9 Å². The molecular formula is C19H20ClN3O3. The van der Waals surface area contributed by atoms with Crippen molar-refractivity contribution >= 4 is 35.0 Å². The van der Waals surface area contributed by atoms with E-state index in [-0.39, 0.29) is 5.91 Å². The molecule has 0 saturated heterocycles. The second-order valence-electron chi connectivity index (χ2n) is 6.14. The molecule has 6 nitrogen and oxygen atoms in total. The van der Waals surface area contributed by atoms with Crippen LogP contribution in [0.4, 0.5) is 16.2 Å².